The first kappa shape index (κ1) is 39.6. The van der Waals surface area contributed by atoms with Gasteiger partial charge in [-0.3, -0.25) is 19.2 Å². The molecule has 1 aromatic carbocycles. The van der Waals surface area contributed by atoms with Crippen LogP contribution in [-0.4, -0.2) is 77.2 Å². The smallest absolute Gasteiger partial charge is 0.411 e. The van der Waals surface area contributed by atoms with Crippen molar-refractivity contribution in [2.45, 2.75) is 116 Å². The molecule has 1 aliphatic heterocycles. The Morgan fingerprint density at radius 1 is 1.13 bits per heavy atom. The highest BCUT2D eigenvalue weighted by Gasteiger charge is 2.64. The fourth-order valence-electron chi connectivity index (χ4n) is 7.39. The number of fused-ring (bicyclic) bond motifs is 1. The van der Waals surface area contributed by atoms with Gasteiger partial charge >= 0.3 is 6.09 Å². The second-order valence-electron chi connectivity index (χ2n) is 17.2. The molecule has 0 bridgehead atoms. The molecule has 2 aromatic heterocycles. The molecule has 12 nitrogen and oxygen atoms in total. The summed E-state index contributed by atoms with van der Waals surface area (Å²) in [6.45, 7) is 20.5. The number of carbonyl (C=O) groups excluding carboxylic acids is 3. The number of amides is 2. The van der Waals surface area contributed by atoms with E-state index in [4.69, 9.17) is 24.2 Å². The molecule has 2 aliphatic carbocycles. The van der Waals surface area contributed by atoms with Crippen LogP contribution in [0.1, 0.15) is 98.2 Å². The number of allylic oxidation sites excluding steroid dienone is 1. The second kappa shape index (κ2) is 13.6. The van der Waals surface area contributed by atoms with E-state index in [1.807, 2.05) is 44.4 Å². The van der Waals surface area contributed by atoms with Gasteiger partial charge in [0.15, 0.2) is 5.78 Å². The number of ether oxygens (including phenoxy) is 3. The van der Waals surface area contributed by atoms with E-state index in [1.165, 1.54) is 16.2 Å². The Kier molecular flexibility index (Phi) is 9.99. The number of hydrogen-bond donors (Lipinski definition) is 1. The van der Waals surface area contributed by atoms with Gasteiger partial charge in [0.1, 0.15) is 39.9 Å². The highest BCUT2D eigenvalue weighted by Crippen LogP contribution is 2.58. The van der Waals surface area contributed by atoms with Gasteiger partial charge in [0.25, 0.3) is 0 Å². The van der Waals surface area contributed by atoms with Crippen molar-refractivity contribution in [2.75, 3.05) is 13.7 Å². The highest BCUT2D eigenvalue weighted by molar-refractivity contribution is 7.91. The van der Waals surface area contributed by atoms with Crippen molar-refractivity contribution in [1.29, 1.82) is 0 Å². The molecule has 3 aromatic rings. The molecule has 2 saturated carbocycles. The summed E-state index contributed by atoms with van der Waals surface area (Å²) in [4.78, 5) is 53.6. The Morgan fingerprint density at radius 3 is 2.37 bits per heavy atom. The van der Waals surface area contributed by atoms with Crippen molar-refractivity contribution >= 4 is 50.0 Å². The molecule has 0 unspecified atom stereocenters. The van der Waals surface area contributed by atoms with Gasteiger partial charge < -0.3 is 14.2 Å². The number of aromatic nitrogens is 2. The molecule has 54 heavy (non-hydrogen) atoms. The predicted octanol–water partition coefficient (Wildman–Crippen LogP) is 7.34. The Morgan fingerprint density at radius 2 is 1.81 bits per heavy atom. The Labute approximate surface area is 322 Å². The maximum Gasteiger partial charge on any atom is 0.411 e. The monoisotopic (exact) mass is 780 g/mol. The molecule has 3 heterocycles. The van der Waals surface area contributed by atoms with Crippen molar-refractivity contribution in [3.8, 4) is 22.2 Å². The van der Waals surface area contributed by atoms with E-state index < -0.39 is 67.0 Å². The molecule has 0 spiro atoms. The van der Waals surface area contributed by atoms with E-state index in [1.54, 1.807) is 40.9 Å². The number of aryl methyl sites for hydroxylation is 1. The molecule has 0 radical (unpaired) electrons. The average molecular weight is 781 g/mol. The summed E-state index contributed by atoms with van der Waals surface area (Å²) in [6.07, 6.45) is 1.08. The number of likely N-dealkylation sites (tertiary alicyclic amines) is 1. The lowest BCUT2D eigenvalue weighted by atomic mass is 9.77. The zero-order chi connectivity index (χ0) is 39.8. The number of thiazole rings is 1. The summed E-state index contributed by atoms with van der Waals surface area (Å²) < 4.78 is 45.8. The van der Waals surface area contributed by atoms with Crippen LogP contribution in [0.3, 0.4) is 0 Å². The molecular formula is C40H52N4O8S2. The first-order chi connectivity index (χ1) is 25.1. The zero-order valence-corrected chi connectivity index (χ0v) is 34.5. The maximum atomic E-state index is 14.7. The van der Waals surface area contributed by atoms with Crippen LogP contribution in [0.15, 0.2) is 36.2 Å². The van der Waals surface area contributed by atoms with E-state index in [2.05, 4.69) is 25.1 Å². The van der Waals surface area contributed by atoms with Crippen molar-refractivity contribution in [2.24, 2.45) is 16.7 Å². The first-order valence-electron chi connectivity index (χ1n) is 18.4. The number of sulfonamides is 1. The number of hydrogen-bond acceptors (Lipinski definition) is 11. The minimum absolute atomic E-state index is 0.0121. The number of nitrogens with one attached hydrogen (secondary N) is 1. The van der Waals surface area contributed by atoms with Gasteiger partial charge in [-0.15, -0.1) is 17.9 Å². The van der Waals surface area contributed by atoms with E-state index >= 15 is 0 Å². The first-order valence-corrected chi connectivity index (χ1v) is 20.8. The third kappa shape index (κ3) is 7.11. The van der Waals surface area contributed by atoms with E-state index in [-0.39, 0.29) is 25.3 Å². The van der Waals surface area contributed by atoms with Crippen molar-refractivity contribution in [3.63, 3.8) is 0 Å². The van der Waals surface area contributed by atoms with Gasteiger partial charge in [-0.2, -0.15) is 0 Å². The number of ketones is 1. The number of Topliss-reactive ketones (excluding diaryl/α,β-unsaturated/α-hetero) is 1. The van der Waals surface area contributed by atoms with Crippen LogP contribution in [0.25, 0.3) is 21.6 Å². The van der Waals surface area contributed by atoms with Crippen LogP contribution < -0.4 is 14.2 Å². The van der Waals surface area contributed by atoms with Gasteiger partial charge in [-0.25, -0.2) is 23.2 Å². The quantitative estimate of drug-likeness (QED) is 0.185. The molecular weight excluding hydrogens is 729 g/mol. The van der Waals surface area contributed by atoms with Crippen LogP contribution in [0.2, 0.25) is 0 Å². The summed E-state index contributed by atoms with van der Waals surface area (Å²) in [5.74, 6) is -0.117. The Hall–Kier alpha value is -4.04. The van der Waals surface area contributed by atoms with Crippen molar-refractivity contribution in [1.82, 2.24) is 19.6 Å². The summed E-state index contributed by atoms with van der Waals surface area (Å²) in [5, 5.41) is 3.47. The standard InChI is InChI=1S/C40H52N4O8S2/c1-12-24-18-40(24,35(46)43-54(48,49)39(10)15-16-39)19-28(45)33-38(8,9)31(20-44(33)36(47)52-37(5,6)7)51-30-17-26(34-42-27(21-53-34)22(2)3)41-32-23(4)29(50-11)14-13-25(30)32/h12-14,17,21-22,24,31,33H,1,15-16,18-20H2,2-11H3,(H,43,46)/t24-,31+,33-,40-/m1/s1. The van der Waals surface area contributed by atoms with Crippen molar-refractivity contribution < 1.29 is 37.0 Å². The molecule has 292 valence electrons. The van der Waals surface area contributed by atoms with Gasteiger partial charge in [-0.05, 0) is 77.8 Å². The summed E-state index contributed by atoms with van der Waals surface area (Å²) in [5.41, 5.74) is -0.107. The second-order valence-corrected chi connectivity index (χ2v) is 20.3. The van der Waals surface area contributed by atoms with Gasteiger partial charge in [0.05, 0.1) is 35.0 Å². The molecule has 6 rings (SSSR count). The van der Waals surface area contributed by atoms with Crippen LogP contribution in [-0.2, 0) is 24.3 Å². The minimum Gasteiger partial charge on any atom is -0.496 e. The average Bonchev–Trinajstić information content (AvgIpc) is 3.91. The summed E-state index contributed by atoms with van der Waals surface area (Å²) >= 11 is 1.49. The highest BCUT2D eigenvalue weighted by atomic mass is 32.2. The zero-order valence-electron chi connectivity index (χ0n) is 32.9. The molecule has 14 heteroatoms. The lowest BCUT2D eigenvalue weighted by Gasteiger charge is -2.34. The maximum absolute atomic E-state index is 14.7. The van der Waals surface area contributed by atoms with Gasteiger partial charge in [0.2, 0.25) is 15.9 Å². The molecule has 1 N–H and O–H groups in total. The van der Waals surface area contributed by atoms with E-state index in [0.29, 0.717) is 35.6 Å². The third-order valence-electron chi connectivity index (χ3n) is 11.3. The molecule has 1 saturated heterocycles. The molecule has 3 fully saturated rings. The number of rotatable bonds is 12. The van der Waals surface area contributed by atoms with Crippen LogP contribution >= 0.6 is 11.3 Å². The van der Waals surface area contributed by atoms with Crippen LogP contribution in [0, 0.1) is 23.7 Å². The number of nitrogens with zero attached hydrogens (tertiary/aromatic N) is 3. The summed E-state index contributed by atoms with van der Waals surface area (Å²) in [6, 6.07) is 4.52. The summed E-state index contributed by atoms with van der Waals surface area (Å²) in [7, 11) is -2.34. The number of carbonyl (C=O) groups is 3. The molecule has 4 atom stereocenters. The fourth-order valence-corrected chi connectivity index (χ4v) is 9.67. The Bertz CT molecular complexity index is 2130. The lowest BCUT2D eigenvalue weighted by Crippen LogP contribution is -2.50. The predicted molar refractivity (Wildman–Crippen MR) is 208 cm³/mol. The van der Waals surface area contributed by atoms with Crippen LogP contribution in [0.5, 0.6) is 11.5 Å². The van der Waals surface area contributed by atoms with E-state index in [9.17, 15) is 22.8 Å². The van der Waals surface area contributed by atoms with E-state index in [0.717, 1.165) is 21.7 Å². The van der Waals surface area contributed by atoms with Crippen molar-refractivity contribution in [3.05, 3.63) is 47.5 Å². The Balaban J connectivity index is 1.38. The number of methoxy groups -OCH3 is 1. The fraction of sp³-hybridized carbons (Fsp3) is 0.575. The lowest BCUT2D eigenvalue weighted by molar-refractivity contribution is -0.133. The largest absolute Gasteiger partial charge is 0.496 e. The topological polar surface area (TPSA) is 154 Å². The minimum atomic E-state index is -3.94. The third-order valence-corrected chi connectivity index (χ3v) is 14.3. The number of benzene rings is 1. The normalized spacial score (nSPS) is 24.3. The van der Waals surface area contributed by atoms with Gasteiger partial charge in [-0.1, -0.05) is 33.8 Å². The molecule has 2 amide bonds. The number of pyridine rings is 1. The molecule has 3 aliphatic rings. The SMILES string of the molecule is C=C[C@@H]1C[C@]1(CC(=O)[C@H]1N(C(=O)OC(C)(C)C)C[C@H](Oc2cc(-c3nc(C(C)C)cs3)nc3c(C)c(OC)ccc23)C1(C)C)C(=O)NS(=O)(=O)C1(C)CC1. The van der Waals surface area contributed by atoms with Gasteiger partial charge in [0, 0.05) is 34.2 Å². The van der Waals surface area contributed by atoms with Crippen LogP contribution in [0.4, 0.5) is 4.79 Å².